The van der Waals surface area contributed by atoms with Crippen LogP contribution in [0.15, 0.2) is 12.5 Å². The van der Waals surface area contributed by atoms with Crippen LogP contribution in [0.3, 0.4) is 0 Å². The molecule has 1 atom stereocenters. The van der Waals surface area contributed by atoms with E-state index in [9.17, 15) is 5.11 Å². The van der Waals surface area contributed by atoms with Crippen molar-refractivity contribution in [3.63, 3.8) is 0 Å². The highest BCUT2D eigenvalue weighted by atomic mass is 16.3. The Hall–Kier alpha value is -1.16. The van der Waals surface area contributed by atoms with Crippen LogP contribution in [0.25, 0.3) is 0 Å². The van der Waals surface area contributed by atoms with E-state index in [0.717, 1.165) is 30.8 Å². The van der Waals surface area contributed by atoms with Crippen molar-refractivity contribution in [3.8, 4) is 0 Å². The summed E-state index contributed by atoms with van der Waals surface area (Å²) < 4.78 is 0. The van der Waals surface area contributed by atoms with Crippen molar-refractivity contribution in [3.05, 3.63) is 18.1 Å². The highest BCUT2D eigenvalue weighted by Crippen LogP contribution is 2.19. The number of aliphatic hydroxyl groups is 1. The van der Waals surface area contributed by atoms with Gasteiger partial charge in [0.2, 0.25) is 0 Å². The lowest BCUT2D eigenvalue weighted by molar-refractivity contribution is 0.154. The number of anilines is 1. The Morgan fingerprint density at radius 2 is 2.43 bits per heavy atom. The highest BCUT2D eigenvalue weighted by Gasteiger charge is 2.19. The molecule has 4 nitrogen and oxygen atoms in total. The van der Waals surface area contributed by atoms with Gasteiger partial charge in [0, 0.05) is 24.8 Å². The molecule has 76 valence electrons. The topological polar surface area (TPSA) is 49.2 Å². The quantitative estimate of drug-likeness (QED) is 0.715. The molecule has 0 saturated carbocycles. The van der Waals surface area contributed by atoms with Gasteiger partial charge in [-0.1, -0.05) is 0 Å². The average Bonchev–Trinajstić information content (AvgIpc) is 2.18. The summed E-state index contributed by atoms with van der Waals surface area (Å²) in [4.78, 5) is 10.3. The monoisotopic (exact) mass is 193 g/mol. The normalized spacial score (nSPS) is 22.4. The van der Waals surface area contributed by atoms with Crippen molar-refractivity contribution < 1.29 is 5.11 Å². The summed E-state index contributed by atoms with van der Waals surface area (Å²) in [6.07, 6.45) is 5.09. The van der Waals surface area contributed by atoms with Gasteiger partial charge in [-0.2, -0.15) is 0 Å². The lowest BCUT2D eigenvalue weighted by Gasteiger charge is -2.31. The van der Waals surface area contributed by atoms with Gasteiger partial charge < -0.3 is 10.0 Å². The Labute approximate surface area is 83.6 Å². The van der Waals surface area contributed by atoms with Gasteiger partial charge >= 0.3 is 0 Å². The first-order valence-corrected chi connectivity index (χ1v) is 4.97. The molecule has 14 heavy (non-hydrogen) atoms. The standard InChI is InChI=1S/C10H15N3O/c1-8-5-11-7-12-10(8)13-4-2-3-9(14)6-13/h5,7,9,14H,2-4,6H2,1H3/t9-/m0/s1. The molecular formula is C10H15N3O. The largest absolute Gasteiger partial charge is 0.391 e. The zero-order valence-corrected chi connectivity index (χ0v) is 8.35. The molecule has 4 heteroatoms. The van der Waals surface area contributed by atoms with Gasteiger partial charge in [0.1, 0.15) is 12.1 Å². The molecule has 0 bridgehead atoms. The predicted octanol–water partition coefficient (Wildman–Crippen LogP) is 0.746. The number of hydrogen-bond acceptors (Lipinski definition) is 4. The maximum Gasteiger partial charge on any atom is 0.134 e. The number of aryl methyl sites for hydroxylation is 1. The van der Waals surface area contributed by atoms with Crippen LogP contribution in [-0.4, -0.2) is 34.3 Å². The molecular weight excluding hydrogens is 178 g/mol. The molecule has 1 aromatic rings. The van der Waals surface area contributed by atoms with Crippen molar-refractivity contribution in [2.75, 3.05) is 18.0 Å². The third-order valence-electron chi connectivity index (χ3n) is 2.56. The number of β-amino-alcohol motifs (C(OH)–C–C–N with tert-alkyl or cyclic N) is 1. The van der Waals surface area contributed by atoms with E-state index < -0.39 is 0 Å². The van der Waals surface area contributed by atoms with Gasteiger partial charge in [0.05, 0.1) is 6.10 Å². The number of hydrogen-bond donors (Lipinski definition) is 1. The van der Waals surface area contributed by atoms with E-state index in [1.165, 1.54) is 0 Å². The molecule has 1 aromatic heterocycles. The maximum atomic E-state index is 9.55. The van der Waals surface area contributed by atoms with Crippen molar-refractivity contribution >= 4 is 5.82 Å². The van der Waals surface area contributed by atoms with Crippen molar-refractivity contribution in [1.82, 2.24) is 9.97 Å². The summed E-state index contributed by atoms with van der Waals surface area (Å²) in [5, 5.41) is 9.55. The van der Waals surface area contributed by atoms with Crippen LogP contribution in [0.1, 0.15) is 18.4 Å². The van der Waals surface area contributed by atoms with Crippen LogP contribution in [0.4, 0.5) is 5.82 Å². The summed E-state index contributed by atoms with van der Waals surface area (Å²) in [6.45, 7) is 3.67. The second kappa shape index (κ2) is 3.92. The molecule has 1 saturated heterocycles. The van der Waals surface area contributed by atoms with E-state index in [1.54, 1.807) is 6.33 Å². The fourth-order valence-electron chi connectivity index (χ4n) is 1.87. The number of piperidine rings is 1. The first-order valence-electron chi connectivity index (χ1n) is 4.97. The van der Waals surface area contributed by atoms with Gasteiger partial charge in [-0.3, -0.25) is 0 Å². The summed E-state index contributed by atoms with van der Waals surface area (Å²) >= 11 is 0. The molecule has 1 N–H and O–H groups in total. The molecule has 0 aromatic carbocycles. The Morgan fingerprint density at radius 1 is 1.57 bits per heavy atom. The Morgan fingerprint density at radius 3 is 3.14 bits per heavy atom. The molecule has 1 fully saturated rings. The Kier molecular flexibility index (Phi) is 2.63. The van der Waals surface area contributed by atoms with Crippen LogP contribution in [-0.2, 0) is 0 Å². The number of aliphatic hydroxyl groups excluding tert-OH is 1. The van der Waals surface area contributed by atoms with Crippen LogP contribution in [0.2, 0.25) is 0 Å². The zero-order valence-electron chi connectivity index (χ0n) is 8.35. The minimum atomic E-state index is -0.210. The molecule has 0 unspecified atom stereocenters. The van der Waals surface area contributed by atoms with Gasteiger partial charge in [-0.25, -0.2) is 9.97 Å². The smallest absolute Gasteiger partial charge is 0.134 e. The first-order chi connectivity index (χ1) is 6.77. The van der Waals surface area contributed by atoms with Crippen LogP contribution in [0.5, 0.6) is 0 Å². The van der Waals surface area contributed by atoms with E-state index in [4.69, 9.17) is 0 Å². The lowest BCUT2D eigenvalue weighted by atomic mass is 10.1. The van der Waals surface area contributed by atoms with Gasteiger partial charge in [0.15, 0.2) is 0 Å². The third-order valence-corrected chi connectivity index (χ3v) is 2.56. The van der Waals surface area contributed by atoms with Crippen molar-refractivity contribution in [2.45, 2.75) is 25.9 Å². The fraction of sp³-hybridized carbons (Fsp3) is 0.600. The third kappa shape index (κ3) is 1.85. The summed E-state index contributed by atoms with van der Waals surface area (Å²) in [5.74, 6) is 0.957. The number of aromatic nitrogens is 2. The molecule has 1 aliphatic heterocycles. The molecule has 0 radical (unpaired) electrons. The highest BCUT2D eigenvalue weighted by molar-refractivity contribution is 5.44. The molecule has 1 aliphatic rings. The predicted molar refractivity (Wildman–Crippen MR) is 54.2 cm³/mol. The molecule has 0 spiro atoms. The van der Waals surface area contributed by atoms with E-state index in [1.807, 2.05) is 13.1 Å². The Balaban J connectivity index is 2.18. The first kappa shape index (κ1) is 9.40. The second-order valence-electron chi connectivity index (χ2n) is 3.77. The fourth-order valence-corrected chi connectivity index (χ4v) is 1.87. The van der Waals surface area contributed by atoms with E-state index in [0.29, 0.717) is 6.54 Å². The molecule has 0 aliphatic carbocycles. The van der Waals surface area contributed by atoms with E-state index >= 15 is 0 Å². The van der Waals surface area contributed by atoms with Gasteiger partial charge in [-0.15, -0.1) is 0 Å². The minimum Gasteiger partial charge on any atom is -0.391 e. The lowest BCUT2D eigenvalue weighted by Crippen LogP contribution is -2.39. The molecule has 2 rings (SSSR count). The average molecular weight is 193 g/mol. The van der Waals surface area contributed by atoms with E-state index in [-0.39, 0.29) is 6.10 Å². The van der Waals surface area contributed by atoms with Gasteiger partial charge in [0.25, 0.3) is 0 Å². The minimum absolute atomic E-state index is 0.210. The second-order valence-corrected chi connectivity index (χ2v) is 3.77. The number of nitrogens with zero attached hydrogens (tertiary/aromatic N) is 3. The van der Waals surface area contributed by atoms with Crippen molar-refractivity contribution in [1.29, 1.82) is 0 Å². The Bertz CT molecular complexity index is 316. The summed E-state index contributed by atoms with van der Waals surface area (Å²) in [5.41, 5.74) is 1.07. The van der Waals surface area contributed by atoms with E-state index in [2.05, 4.69) is 14.9 Å². The van der Waals surface area contributed by atoms with Crippen LogP contribution >= 0.6 is 0 Å². The molecule has 2 heterocycles. The summed E-state index contributed by atoms with van der Waals surface area (Å²) in [7, 11) is 0. The SMILES string of the molecule is Cc1cncnc1N1CCC[C@H](O)C1. The summed E-state index contributed by atoms with van der Waals surface area (Å²) in [6, 6.07) is 0. The maximum absolute atomic E-state index is 9.55. The van der Waals surface area contributed by atoms with Crippen LogP contribution < -0.4 is 4.90 Å². The van der Waals surface area contributed by atoms with Crippen LogP contribution in [0, 0.1) is 6.92 Å². The van der Waals surface area contributed by atoms with Gasteiger partial charge in [-0.05, 0) is 19.8 Å². The van der Waals surface area contributed by atoms with Crippen molar-refractivity contribution in [2.24, 2.45) is 0 Å². The zero-order chi connectivity index (χ0) is 9.97. The number of rotatable bonds is 1. The molecule has 0 amide bonds.